The third kappa shape index (κ3) is 2.52. The maximum Gasteiger partial charge on any atom is 0.216 e. The van der Waals surface area contributed by atoms with Crippen LogP contribution in [0.2, 0.25) is 0 Å². The first-order valence-corrected chi connectivity index (χ1v) is 7.14. The second-order valence-electron chi connectivity index (χ2n) is 4.57. The predicted octanol–water partition coefficient (Wildman–Crippen LogP) is 2.67. The fourth-order valence-electron chi connectivity index (χ4n) is 1.97. The van der Waals surface area contributed by atoms with E-state index < -0.39 is 0 Å². The molecule has 0 radical (unpaired) electrons. The van der Waals surface area contributed by atoms with Gasteiger partial charge in [0.15, 0.2) is 17.3 Å². The lowest BCUT2D eigenvalue weighted by atomic mass is 10.1. The van der Waals surface area contributed by atoms with Gasteiger partial charge in [0.1, 0.15) is 0 Å². The van der Waals surface area contributed by atoms with Gasteiger partial charge in [-0.15, -0.1) is 10.2 Å². The van der Waals surface area contributed by atoms with Crippen molar-refractivity contribution in [2.24, 2.45) is 5.10 Å². The van der Waals surface area contributed by atoms with Crippen molar-refractivity contribution in [1.82, 2.24) is 14.9 Å². The summed E-state index contributed by atoms with van der Waals surface area (Å²) >= 11 is 1.50. The normalized spacial score (nSPS) is 15.8. The van der Waals surface area contributed by atoms with Crippen LogP contribution in [0, 0.1) is 6.92 Å². The Bertz CT molecular complexity index is 764. The van der Waals surface area contributed by atoms with Crippen LogP contribution in [0.3, 0.4) is 0 Å². The summed E-state index contributed by atoms with van der Waals surface area (Å²) in [5.41, 5.74) is 1.75. The molecule has 0 amide bonds. The summed E-state index contributed by atoms with van der Waals surface area (Å²) in [6, 6.07) is 5.27. The molecule has 0 spiro atoms. The van der Waals surface area contributed by atoms with Crippen molar-refractivity contribution in [1.29, 1.82) is 0 Å². The van der Waals surface area contributed by atoms with Gasteiger partial charge in [-0.1, -0.05) is 6.07 Å². The fourth-order valence-corrected chi connectivity index (χ4v) is 2.89. The number of phenols is 1. The van der Waals surface area contributed by atoms with Crippen LogP contribution in [-0.2, 0) is 0 Å². The number of aryl methyl sites for hydroxylation is 1. The molecule has 7 heteroatoms. The maximum absolute atomic E-state index is 9.83. The predicted molar refractivity (Wildman–Crippen MR) is 81.8 cm³/mol. The Morgan fingerprint density at radius 3 is 2.81 bits per heavy atom. The zero-order chi connectivity index (χ0) is 15.0. The number of fused-ring (bicyclic) bond motifs is 1. The van der Waals surface area contributed by atoms with Gasteiger partial charge in [-0.05, 0) is 49.4 Å². The van der Waals surface area contributed by atoms with Crippen molar-refractivity contribution in [3.8, 4) is 11.5 Å². The van der Waals surface area contributed by atoms with Crippen molar-refractivity contribution in [2.75, 3.05) is 7.11 Å². The summed E-state index contributed by atoms with van der Waals surface area (Å²) in [6.07, 6.45) is 1.95. The quantitative estimate of drug-likeness (QED) is 0.923. The first-order valence-electron chi connectivity index (χ1n) is 6.33. The molecule has 2 aromatic rings. The average Bonchev–Trinajstić information content (AvgIpc) is 2.81. The van der Waals surface area contributed by atoms with Gasteiger partial charge in [-0.25, -0.2) is 0 Å². The fraction of sp³-hybridized carbons (Fsp3) is 0.214. The van der Waals surface area contributed by atoms with Crippen LogP contribution in [-0.4, -0.2) is 32.8 Å². The second-order valence-corrected chi connectivity index (χ2v) is 5.58. The van der Waals surface area contributed by atoms with E-state index in [1.807, 2.05) is 26.0 Å². The lowest BCUT2D eigenvalue weighted by Gasteiger charge is -2.13. The molecule has 0 bridgehead atoms. The van der Waals surface area contributed by atoms with Crippen LogP contribution in [0.15, 0.2) is 33.4 Å². The van der Waals surface area contributed by atoms with Gasteiger partial charge in [0.05, 0.1) is 12.8 Å². The molecule has 1 aliphatic heterocycles. The number of thioether (sulfide) groups is 1. The number of benzene rings is 1. The van der Waals surface area contributed by atoms with Crippen LogP contribution < -0.4 is 4.74 Å². The van der Waals surface area contributed by atoms with Crippen LogP contribution in [0.25, 0.3) is 6.08 Å². The number of nitrogens with zero attached hydrogens (tertiary/aromatic N) is 4. The average molecular weight is 302 g/mol. The van der Waals surface area contributed by atoms with Gasteiger partial charge >= 0.3 is 0 Å². The monoisotopic (exact) mass is 302 g/mol. The number of aromatic hydroxyl groups is 1. The second kappa shape index (κ2) is 5.25. The highest BCUT2D eigenvalue weighted by molar-refractivity contribution is 8.04. The van der Waals surface area contributed by atoms with Gasteiger partial charge in [-0.2, -0.15) is 9.78 Å². The largest absolute Gasteiger partial charge is 0.504 e. The van der Waals surface area contributed by atoms with Crippen molar-refractivity contribution in [3.05, 3.63) is 34.5 Å². The molecule has 0 aliphatic carbocycles. The molecular formula is C14H14N4O2S. The summed E-state index contributed by atoms with van der Waals surface area (Å²) in [5.74, 6) is 1.33. The van der Waals surface area contributed by atoms with Crippen molar-refractivity contribution in [3.63, 3.8) is 0 Å². The molecule has 3 rings (SSSR count). The molecule has 0 saturated heterocycles. The summed E-state index contributed by atoms with van der Waals surface area (Å²) < 4.78 is 6.76. The smallest absolute Gasteiger partial charge is 0.216 e. The molecule has 0 fully saturated rings. The van der Waals surface area contributed by atoms with Crippen LogP contribution in [0.1, 0.15) is 18.3 Å². The Hall–Kier alpha value is -2.28. The third-order valence-electron chi connectivity index (χ3n) is 3.08. The van der Waals surface area contributed by atoms with Crippen molar-refractivity contribution < 1.29 is 9.84 Å². The standard InChI is InChI=1S/C14H14N4O2S/c1-8-13(21-14-16-15-9(2)18(14)17-8)7-10-4-5-12(20-3)11(19)6-10/h4-7,19H,1-3H3. The molecule has 0 atom stereocenters. The first-order chi connectivity index (χ1) is 10.1. The Balaban J connectivity index is 1.96. The minimum Gasteiger partial charge on any atom is -0.504 e. The molecule has 108 valence electrons. The van der Waals surface area contributed by atoms with E-state index in [1.54, 1.807) is 16.8 Å². The van der Waals surface area contributed by atoms with E-state index in [0.717, 1.165) is 27.2 Å². The Kier molecular flexibility index (Phi) is 3.42. The highest BCUT2D eigenvalue weighted by Crippen LogP contribution is 2.34. The van der Waals surface area contributed by atoms with Gasteiger partial charge in [0.25, 0.3) is 0 Å². The Morgan fingerprint density at radius 2 is 2.10 bits per heavy atom. The number of ether oxygens (including phenoxy) is 1. The maximum atomic E-state index is 9.83. The molecule has 0 saturated carbocycles. The SMILES string of the molecule is COc1ccc(C=C2Sc3nnc(C)n3N=C2C)cc1O. The number of hydrogen-bond acceptors (Lipinski definition) is 6. The molecule has 6 nitrogen and oxygen atoms in total. The van der Waals surface area contributed by atoms with E-state index in [2.05, 4.69) is 15.3 Å². The molecule has 21 heavy (non-hydrogen) atoms. The minimum atomic E-state index is 0.112. The van der Waals surface area contributed by atoms with Crippen molar-refractivity contribution >= 4 is 23.5 Å². The zero-order valence-electron chi connectivity index (χ0n) is 11.9. The van der Waals surface area contributed by atoms with E-state index in [-0.39, 0.29) is 5.75 Å². The number of methoxy groups -OCH3 is 1. The minimum absolute atomic E-state index is 0.112. The molecule has 1 aromatic heterocycles. The van der Waals surface area contributed by atoms with E-state index >= 15 is 0 Å². The van der Waals surface area contributed by atoms with Gasteiger partial charge in [0.2, 0.25) is 5.16 Å². The first kappa shape index (κ1) is 13.7. The summed E-state index contributed by atoms with van der Waals surface area (Å²) in [4.78, 5) is 0.972. The molecule has 0 unspecified atom stereocenters. The van der Waals surface area contributed by atoms with Gasteiger partial charge in [0, 0.05) is 4.91 Å². The Morgan fingerprint density at radius 1 is 1.29 bits per heavy atom. The molecule has 1 aliphatic rings. The van der Waals surface area contributed by atoms with Gasteiger partial charge in [-0.3, -0.25) is 0 Å². The van der Waals surface area contributed by atoms with E-state index in [9.17, 15) is 5.11 Å². The van der Waals surface area contributed by atoms with Crippen molar-refractivity contribution in [2.45, 2.75) is 19.0 Å². The number of allylic oxidation sites excluding steroid dienone is 1. The zero-order valence-corrected chi connectivity index (χ0v) is 12.7. The molecule has 1 aromatic carbocycles. The molecule has 2 heterocycles. The van der Waals surface area contributed by atoms with Crippen LogP contribution in [0.4, 0.5) is 0 Å². The number of aromatic nitrogens is 3. The number of hydrogen-bond donors (Lipinski definition) is 1. The lowest BCUT2D eigenvalue weighted by Crippen LogP contribution is -2.07. The highest BCUT2D eigenvalue weighted by atomic mass is 32.2. The topological polar surface area (TPSA) is 72.5 Å². The number of rotatable bonds is 2. The highest BCUT2D eigenvalue weighted by Gasteiger charge is 2.19. The Labute approximate surface area is 126 Å². The number of phenolic OH excluding ortho intramolecular Hbond substituents is 1. The summed E-state index contributed by atoms with van der Waals surface area (Å²) in [5, 5.41) is 23.1. The summed E-state index contributed by atoms with van der Waals surface area (Å²) in [6.45, 7) is 3.80. The summed E-state index contributed by atoms with van der Waals surface area (Å²) in [7, 11) is 1.52. The molecular weight excluding hydrogens is 288 g/mol. The molecule has 1 N–H and O–H groups in total. The van der Waals surface area contributed by atoms with E-state index in [1.165, 1.54) is 18.9 Å². The van der Waals surface area contributed by atoms with Gasteiger partial charge < -0.3 is 9.84 Å². The van der Waals surface area contributed by atoms with Crippen LogP contribution >= 0.6 is 11.8 Å². The van der Waals surface area contributed by atoms with E-state index in [4.69, 9.17) is 4.74 Å². The third-order valence-corrected chi connectivity index (χ3v) is 4.15. The lowest BCUT2D eigenvalue weighted by molar-refractivity contribution is 0.373. The van der Waals surface area contributed by atoms with E-state index in [0.29, 0.717) is 5.75 Å². The van der Waals surface area contributed by atoms with Crippen LogP contribution in [0.5, 0.6) is 11.5 Å².